The molecule has 0 amide bonds. The monoisotopic (exact) mass is 413 g/mol. The highest BCUT2D eigenvalue weighted by Crippen LogP contribution is 2.39. The minimum atomic E-state index is -4.29. The summed E-state index contributed by atoms with van der Waals surface area (Å²) in [4.78, 5) is 3.94. The van der Waals surface area contributed by atoms with Gasteiger partial charge in [0.15, 0.2) is 10.6 Å². The molecule has 0 atom stereocenters. The van der Waals surface area contributed by atoms with E-state index in [4.69, 9.17) is 36.9 Å². The van der Waals surface area contributed by atoms with Crippen molar-refractivity contribution in [1.82, 2.24) is 4.98 Å². The van der Waals surface area contributed by atoms with Gasteiger partial charge in [-0.1, -0.05) is 23.2 Å². The molecule has 0 bridgehead atoms. The topological polar surface area (TPSA) is 74.7 Å². The van der Waals surface area contributed by atoms with Crippen LogP contribution in [0.15, 0.2) is 47.5 Å². The number of methoxy groups -OCH3 is 2. The Morgan fingerprint density at radius 1 is 1.00 bits per heavy atom. The molecular formula is C17H13Cl2NO5S. The molecule has 26 heavy (non-hydrogen) atoms. The van der Waals surface area contributed by atoms with Crippen molar-refractivity contribution in [1.29, 1.82) is 0 Å². The number of fused-ring (bicyclic) bond motifs is 1. The van der Waals surface area contributed by atoms with Gasteiger partial charge in [0.2, 0.25) is 0 Å². The van der Waals surface area contributed by atoms with Gasteiger partial charge in [0.25, 0.3) is 0 Å². The molecule has 0 aliphatic heterocycles. The molecule has 9 heteroatoms. The molecule has 0 aliphatic rings. The maximum absolute atomic E-state index is 12.9. The lowest BCUT2D eigenvalue weighted by Crippen LogP contribution is -2.12. The lowest BCUT2D eigenvalue weighted by atomic mass is 10.2. The summed E-state index contributed by atoms with van der Waals surface area (Å²) < 4.78 is 41.2. The molecule has 0 N–H and O–H groups in total. The molecule has 0 spiro atoms. The fraction of sp³-hybridized carbons (Fsp3) is 0.118. The van der Waals surface area contributed by atoms with Crippen molar-refractivity contribution in [3.05, 3.63) is 52.6 Å². The molecule has 0 unspecified atom stereocenters. The average Bonchev–Trinajstić information content (AvgIpc) is 2.64. The summed E-state index contributed by atoms with van der Waals surface area (Å²) in [5.41, 5.74) is 0.232. The molecule has 3 rings (SSSR count). The lowest BCUT2D eigenvalue weighted by molar-refractivity contribution is 0.388. The van der Waals surface area contributed by atoms with E-state index in [2.05, 4.69) is 4.98 Å². The Labute approximate surface area is 160 Å². The maximum Gasteiger partial charge on any atom is 0.343 e. The summed E-state index contributed by atoms with van der Waals surface area (Å²) in [7, 11) is -1.51. The minimum Gasteiger partial charge on any atom is -0.497 e. The zero-order chi connectivity index (χ0) is 18.9. The minimum absolute atomic E-state index is 0.0200. The quantitative estimate of drug-likeness (QED) is 0.579. The van der Waals surface area contributed by atoms with Crippen LogP contribution in [0.5, 0.6) is 17.2 Å². The first-order valence-corrected chi connectivity index (χ1v) is 9.43. The van der Waals surface area contributed by atoms with Crippen molar-refractivity contribution >= 4 is 44.2 Å². The molecule has 0 saturated carbocycles. The largest absolute Gasteiger partial charge is 0.497 e. The predicted octanol–water partition coefficient (Wildman–Crippen LogP) is 4.33. The Kier molecular flexibility index (Phi) is 5.13. The first-order chi connectivity index (χ1) is 12.4. The summed E-state index contributed by atoms with van der Waals surface area (Å²) in [6.07, 6.45) is 1.49. The van der Waals surface area contributed by atoms with Crippen LogP contribution in [-0.4, -0.2) is 27.6 Å². The predicted molar refractivity (Wildman–Crippen MR) is 99.1 cm³/mol. The summed E-state index contributed by atoms with van der Waals surface area (Å²) in [6.45, 7) is 0. The number of pyridine rings is 1. The van der Waals surface area contributed by atoms with Crippen molar-refractivity contribution in [2.45, 2.75) is 4.90 Å². The third-order valence-corrected chi connectivity index (χ3v) is 5.42. The molecule has 6 nitrogen and oxygen atoms in total. The van der Waals surface area contributed by atoms with Crippen LogP contribution in [0.3, 0.4) is 0 Å². The van der Waals surface area contributed by atoms with Crippen LogP contribution in [-0.2, 0) is 10.1 Å². The molecule has 0 saturated heterocycles. The van der Waals surface area contributed by atoms with Crippen molar-refractivity contribution in [3.8, 4) is 17.2 Å². The molecule has 1 heterocycles. The number of aromatic nitrogens is 1. The van der Waals surface area contributed by atoms with Crippen LogP contribution in [0.25, 0.3) is 10.9 Å². The van der Waals surface area contributed by atoms with E-state index in [0.717, 1.165) is 0 Å². The first kappa shape index (κ1) is 18.6. The highest BCUT2D eigenvalue weighted by molar-refractivity contribution is 7.87. The van der Waals surface area contributed by atoms with E-state index in [0.29, 0.717) is 16.2 Å². The Balaban J connectivity index is 2.16. The van der Waals surface area contributed by atoms with E-state index in [1.165, 1.54) is 38.6 Å². The molecule has 136 valence electrons. The summed E-state index contributed by atoms with van der Waals surface area (Å²) in [6, 6.07) is 9.10. The Bertz CT molecular complexity index is 1090. The van der Waals surface area contributed by atoms with Gasteiger partial charge in [-0.15, -0.1) is 0 Å². The molecule has 2 aromatic carbocycles. The molecule has 0 fully saturated rings. The maximum atomic E-state index is 12.9. The van der Waals surface area contributed by atoms with E-state index < -0.39 is 10.1 Å². The number of ether oxygens (including phenoxy) is 2. The van der Waals surface area contributed by atoms with Gasteiger partial charge in [0.05, 0.1) is 24.3 Å². The zero-order valence-corrected chi connectivity index (χ0v) is 16.0. The molecule has 1 aromatic heterocycles. The Morgan fingerprint density at radius 2 is 1.77 bits per heavy atom. The number of nitrogens with zero attached hydrogens (tertiary/aromatic N) is 1. The highest BCUT2D eigenvalue weighted by atomic mass is 35.5. The van der Waals surface area contributed by atoms with Gasteiger partial charge >= 0.3 is 10.1 Å². The second kappa shape index (κ2) is 7.19. The lowest BCUT2D eigenvalue weighted by Gasteiger charge is -2.14. The standard InChI is InChI=1S/C17H13Cl2NO5S/c1-23-10-5-6-14(24-2)15(8-10)26(21,22)25-17-13(19)9-12(18)11-4-3-7-20-16(11)17/h3-9H,1-2H3. The number of rotatable bonds is 5. The van der Waals surface area contributed by atoms with Crippen molar-refractivity contribution in [2.24, 2.45) is 0 Å². The fourth-order valence-corrected chi connectivity index (χ4v) is 4.10. The van der Waals surface area contributed by atoms with E-state index in [9.17, 15) is 8.42 Å². The van der Waals surface area contributed by atoms with Gasteiger partial charge in [0.1, 0.15) is 17.0 Å². The number of hydrogen-bond donors (Lipinski definition) is 0. The molecular weight excluding hydrogens is 401 g/mol. The summed E-state index contributed by atoms with van der Waals surface area (Å²) >= 11 is 12.3. The van der Waals surface area contributed by atoms with Crippen LogP contribution in [0.4, 0.5) is 0 Å². The van der Waals surface area contributed by atoms with Gasteiger partial charge < -0.3 is 13.7 Å². The molecule has 3 aromatic rings. The van der Waals surface area contributed by atoms with Crippen LogP contribution < -0.4 is 13.7 Å². The normalized spacial score (nSPS) is 11.4. The average molecular weight is 414 g/mol. The van der Waals surface area contributed by atoms with E-state index in [-0.39, 0.29) is 26.9 Å². The van der Waals surface area contributed by atoms with E-state index >= 15 is 0 Å². The first-order valence-electron chi connectivity index (χ1n) is 7.26. The van der Waals surface area contributed by atoms with Crippen LogP contribution >= 0.6 is 23.2 Å². The van der Waals surface area contributed by atoms with Gasteiger partial charge in [0, 0.05) is 17.6 Å². The second-order valence-electron chi connectivity index (χ2n) is 5.12. The third-order valence-electron chi connectivity index (χ3n) is 3.58. The van der Waals surface area contributed by atoms with Gasteiger partial charge in [-0.25, -0.2) is 0 Å². The van der Waals surface area contributed by atoms with Gasteiger partial charge in [-0.2, -0.15) is 8.42 Å². The summed E-state index contributed by atoms with van der Waals surface area (Å²) in [5, 5.41) is 0.870. The van der Waals surface area contributed by atoms with Crippen LogP contribution in [0.1, 0.15) is 0 Å². The van der Waals surface area contributed by atoms with Crippen LogP contribution in [0, 0.1) is 0 Å². The van der Waals surface area contributed by atoms with Crippen molar-refractivity contribution in [3.63, 3.8) is 0 Å². The number of benzene rings is 2. The third kappa shape index (κ3) is 3.38. The number of hydrogen-bond acceptors (Lipinski definition) is 6. The smallest absolute Gasteiger partial charge is 0.343 e. The van der Waals surface area contributed by atoms with Gasteiger partial charge in [-0.3, -0.25) is 4.98 Å². The molecule has 0 radical (unpaired) electrons. The van der Waals surface area contributed by atoms with Crippen LogP contribution in [0.2, 0.25) is 10.0 Å². The number of halogens is 2. The second-order valence-corrected chi connectivity index (χ2v) is 7.45. The Morgan fingerprint density at radius 3 is 2.46 bits per heavy atom. The van der Waals surface area contributed by atoms with Gasteiger partial charge in [-0.05, 0) is 30.3 Å². The van der Waals surface area contributed by atoms with E-state index in [1.807, 2.05) is 0 Å². The SMILES string of the molecule is COc1ccc(OC)c(S(=O)(=O)Oc2c(Cl)cc(Cl)c3cccnc23)c1. The fourth-order valence-electron chi connectivity index (χ4n) is 2.36. The summed E-state index contributed by atoms with van der Waals surface area (Å²) in [5.74, 6) is 0.322. The Hall–Kier alpha value is -2.22. The van der Waals surface area contributed by atoms with Crippen molar-refractivity contribution in [2.75, 3.05) is 14.2 Å². The van der Waals surface area contributed by atoms with E-state index in [1.54, 1.807) is 18.2 Å². The highest BCUT2D eigenvalue weighted by Gasteiger charge is 2.26. The molecule has 0 aliphatic carbocycles. The van der Waals surface area contributed by atoms with Crippen molar-refractivity contribution < 1.29 is 22.1 Å². The zero-order valence-electron chi connectivity index (χ0n) is 13.7.